The van der Waals surface area contributed by atoms with Gasteiger partial charge in [-0.05, 0) is 73.9 Å². The van der Waals surface area contributed by atoms with E-state index in [1.165, 1.54) is 17.0 Å². The van der Waals surface area contributed by atoms with Crippen molar-refractivity contribution in [2.45, 2.75) is 62.6 Å². The molecule has 8 nitrogen and oxygen atoms in total. The van der Waals surface area contributed by atoms with E-state index >= 15 is 0 Å². The maximum Gasteiger partial charge on any atom is 0.264 e. The van der Waals surface area contributed by atoms with Gasteiger partial charge in [0.2, 0.25) is 11.8 Å². The average Bonchev–Trinajstić information content (AvgIpc) is 3.60. The number of halogens is 2. The third-order valence-electron chi connectivity index (χ3n) is 8.41. The molecule has 1 N–H and O–H groups in total. The van der Waals surface area contributed by atoms with Crippen LogP contribution in [0.4, 0.5) is 5.69 Å². The number of nitrogens with zero attached hydrogens (tertiary/aromatic N) is 2. The summed E-state index contributed by atoms with van der Waals surface area (Å²) >= 11 is 13.2. The van der Waals surface area contributed by atoms with Crippen LogP contribution in [0.15, 0.2) is 108 Å². The van der Waals surface area contributed by atoms with E-state index in [1.807, 2.05) is 37.3 Å². The molecule has 1 fully saturated rings. The summed E-state index contributed by atoms with van der Waals surface area (Å²) < 4.78 is 35.0. The number of amides is 2. The van der Waals surface area contributed by atoms with E-state index in [0.717, 1.165) is 35.6 Å². The van der Waals surface area contributed by atoms with Gasteiger partial charge in [0, 0.05) is 34.6 Å². The van der Waals surface area contributed by atoms with Gasteiger partial charge in [-0.1, -0.05) is 90.6 Å². The van der Waals surface area contributed by atoms with Crippen LogP contribution in [0.1, 0.15) is 43.7 Å². The number of hydrogen-bond donors (Lipinski definition) is 1. The summed E-state index contributed by atoms with van der Waals surface area (Å²) in [6, 6.07) is 27.9. The van der Waals surface area contributed by atoms with Crippen molar-refractivity contribution in [2.75, 3.05) is 17.5 Å². The van der Waals surface area contributed by atoms with Crippen molar-refractivity contribution < 1.29 is 22.7 Å². The molecule has 2 amide bonds. The number of anilines is 1. The lowest BCUT2D eigenvalue weighted by Crippen LogP contribution is -2.54. The first-order valence-electron chi connectivity index (χ1n) is 16.0. The van der Waals surface area contributed by atoms with Gasteiger partial charge in [-0.25, -0.2) is 8.42 Å². The molecular formula is C37H39Cl2N3O5S. The van der Waals surface area contributed by atoms with Crippen LogP contribution in [0.3, 0.4) is 0 Å². The predicted molar refractivity (Wildman–Crippen MR) is 190 cm³/mol. The molecule has 4 aromatic rings. The van der Waals surface area contributed by atoms with Crippen molar-refractivity contribution in [1.82, 2.24) is 10.2 Å². The first-order chi connectivity index (χ1) is 23.2. The Balaban J connectivity index is 1.58. The molecule has 5 rings (SSSR count). The van der Waals surface area contributed by atoms with Crippen molar-refractivity contribution in [3.8, 4) is 5.75 Å². The third kappa shape index (κ3) is 8.69. The van der Waals surface area contributed by atoms with Gasteiger partial charge >= 0.3 is 0 Å². The molecule has 1 aliphatic rings. The molecule has 252 valence electrons. The maximum atomic E-state index is 14.7. The van der Waals surface area contributed by atoms with Gasteiger partial charge in [0.1, 0.15) is 18.3 Å². The highest BCUT2D eigenvalue weighted by Gasteiger charge is 2.36. The monoisotopic (exact) mass is 707 g/mol. The predicted octanol–water partition coefficient (Wildman–Crippen LogP) is 7.29. The quantitative estimate of drug-likeness (QED) is 0.149. The highest BCUT2D eigenvalue weighted by molar-refractivity contribution is 7.92. The maximum absolute atomic E-state index is 14.7. The molecule has 0 aromatic heterocycles. The Morgan fingerprint density at radius 3 is 2.06 bits per heavy atom. The lowest BCUT2D eigenvalue weighted by molar-refractivity contribution is -0.140. The molecule has 1 aliphatic carbocycles. The topological polar surface area (TPSA) is 96.0 Å². The lowest BCUT2D eigenvalue weighted by atomic mass is 10.0. The smallest absolute Gasteiger partial charge is 0.264 e. The molecule has 0 spiro atoms. The minimum atomic E-state index is -4.23. The normalized spacial score (nSPS) is 13.9. The van der Waals surface area contributed by atoms with Gasteiger partial charge in [0.15, 0.2) is 0 Å². The summed E-state index contributed by atoms with van der Waals surface area (Å²) in [7, 11) is -4.23. The largest absolute Gasteiger partial charge is 0.494 e. The Labute approximate surface area is 292 Å². The number of carbonyl (C=O) groups is 2. The molecule has 1 saturated carbocycles. The van der Waals surface area contributed by atoms with Crippen molar-refractivity contribution >= 4 is 50.7 Å². The fraction of sp³-hybridized carbons (Fsp3) is 0.297. The minimum Gasteiger partial charge on any atom is -0.494 e. The molecule has 0 aliphatic heterocycles. The molecule has 48 heavy (non-hydrogen) atoms. The summed E-state index contributed by atoms with van der Waals surface area (Å²) in [6.07, 6.45) is 3.94. The molecule has 0 bridgehead atoms. The zero-order chi connectivity index (χ0) is 34.1. The van der Waals surface area contributed by atoms with Gasteiger partial charge < -0.3 is 15.0 Å². The minimum absolute atomic E-state index is 0.00422. The molecule has 0 unspecified atom stereocenters. The Morgan fingerprint density at radius 1 is 0.854 bits per heavy atom. The van der Waals surface area contributed by atoms with Gasteiger partial charge in [0.05, 0.1) is 17.2 Å². The molecule has 0 saturated heterocycles. The summed E-state index contributed by atoms with van der Waals surface area (Å²) in [5, 5.41) is 3.82. The van der Waals surface area contributed by atoms with Crippen LogP contribution in [0.5, 0.6) is 5.75 Å². The Morgan fingerprint density at radius 2 is 1.46 bits per heavy atom. The zero-order valence-electron chi connectivity index (χ0n) is 26.7. The molecule has 4 aromatic carbocycles. The Kier molecular flexibility index (Phi) is 12.0. The van der Waals surface area contributed by atoms with Crippen LogP contribution in [-0.4, -0.2) is 50.4 Å². The average molecular weight is 709 g/mol. The van der Waals surface area contributed by atoms with Crippen LogP contribution in [0.25, 0.3) is 0 Å². The zero-order valence-corrected chi connectivity index (χ0v) is 29.1. The summed E-state index contributed by atoms with van der Waals surface area (Å²) in [5.41, 5.74) is 1.56. The van der Waals surface area contributed by atoms with Crippen LogP contribution in [0.2, 0.25) is 10.0 Å². The van der Waals surface area contributed by atoms with Crippen molar-refractivity contribution in [3.63, 3.8) is 0 Å². The summed E-state index contributed by atoms with van der Waals surface area (Å²) in [6.45, 7) is 1.59. The number of rotatable bonds is 14. The van der Waals surface area contributed by atoms with Crippen LogP contribution in [0, 0.1) is 0 Å². The third-order valence-corrected chi connectivity index (χ3v) is 10.9. The fourth-order valence-electron chi connectivity index (χ4n) is 5.90. The number of sulfonamides is 1. The number of benzene rings is 4. The fourth-order valence-corrected chi connectivity index (χ4v) is 7.85. The van der Waals surface area contributed by atoms with E-state index in [4.69, 9.17) is 27.9 Å². The van der Waals surface area contributed by atoms with E-state index in [1.54, 1.807) is 60.7 Å². The van der Waals surface area contributed by atoms with Crippen LogP contribution in [-0.2, 0) is 32.6 Å². The highest BCUT2D eigenvalue weighted by Crippen LogP contribution is 2.30. The van der Waals surface area contributed by atoms with Gasteiger partial charge in [-0.3, -0.25) is 13.9 Å². The second-order valence-electron chi connectivity index (χ2n) is 11.7. The van der Waals surface area contributed by atoms with Crippen molar-refractivity contribution in [2.24, 2.45) is 0 Å². The van der Waals surface area contributed by atoms with E-state index in [-0.39, 0.29) is 35.5 Å². The Bertz CT molecular complexity index is 1760. The molecule has 11 heteroatoms. The van der Waals surface area contributed by atoms with Crippen molar-refractivity contribution in [1.29, 1.82) is 0 Å². The van der Waals surface area contributed by atoms with Crippen LogP contribution < -0.4 is 14.4 Å². The van der Waals surface area contributed by atoms with Crippen molar-refractivity contribution in [3.05, 3.63) is 124 Å². The summed E-state index contributed by atoms with van der Waals surface area (Å²) in [5.74, 6) is -0.353. The number of ether oxygens (including phenoxy) is 1. The number of nitrogens with one attached hydrogen (secondary N) is 1. The molecule has 0 heterocycles. The molecule has 0 radical (unpaired) electrons. The highest BCUT2D eigenvalue weighted by atomic mass is 35.5. The van der Waals surface area contributed by atoms with Gasteiger partial charge in [-0.15, -0.1) is 0 Å². The number of hydrogen-bond acceptors (Lipinski definition) is 5. The molecule has 1 atom stereocenters. The SMILES string of the molecule is CCOc1ccc(N(CC(=O)N(Cc2c(Cl)cccc2Cl)[C@H](Cc2ccccc2)C(=O)NC2CCCC2)S(=O)(=O)c2ccccc2)cc1. The van der Waals surface area contributed by atoms with Gasteiger partial charge in [-0.2, -0.15) is 0 Å². The number of carbonyl (C=O) groups excluding carboxylic acids is 2. The van der Waals surface area contributed by atoms with E-state index in [0.29, 0.717) is 28.0 Å². The van der Waals surface area contributed by atoms with Gasteiger partial charge in [0.25, 0.3) is 10.0 Å². The lowest BCUT2D eigenvalue weighted by Gasteiger charge is -2.34. The van der Waals surface area contributed by atoms with E-state index in [9.17, 15) is 18.0 Å². The van der Waals surface area contributed by atoms with E-state index < -0.39 is 28.5 Å². The van der Waals surface area contributed by atoms with E-state index in [2.05, 4.69) is 5.32 Å². The molecular weight excluding hydrogens is 669 g/mol. The summed E-state index contributed by atoms with van der Waals surface area (Å²) in [4.78, 5) is 30.3. The Hall–Kier alpha value is -4.05. The van der Waals surface area contributed by atoms with Crippen LogP contribution >= 0.6 is 23.2 Å². The second-order valence-corrected chi connectivity index (χ2v) is 14.3. The first-order valence-corrected chi connectivity index (χ1v) is 18.2. The second kappa shape index (κ2) is 16.4. The standard InChI is InChI=1S/C37H39Cl2N3O5S/c1-2-47-30-22-20-29(21-23-30)42(48(45,46)31-16-7-4-8-17-31)26-36(43)41(25-32-33(38)18-11-19-34(32)39)35(24-27-12-5-3-6-13-27)37(44)40-28-14-9-10-15-28/h3-8,11-13,16-23,28,35H,2,9-10,14-15,24-26H2,1H3,(H,40,44)/t35-/m1/s1. The first kappa shape index (κ1) is 35.3.